The molecular formula is C27H37ClO6. The van der Waals surface area contributed by atoms with E-state index in [1.54, 1.807) is 6.08 Å². The van der Waals surface area contributed by atoms with Crippen molar-refractivity contribution >= 4 is 23.4 Å². The van der Waals surface area contributed by atoms with Crippen LogP contribution in [0.25, 0.3) is 0 Å². The van der Waals surface area contributed by atoms with E-state index in [4.69, 9.17) is 30.2 Å². The second kappa shape index (κ2) is 13.3. The largest absolute Gasteiger partial charge is 0.469 e. The Balaban J connectivity index is 1.67. The van der Waals surface area contributed by atoms with Gasteiger partial charge >= 0.3 is 5.97 Å². The van der Waals surface area contributed by atoms with Gasteiger partial charge in [0, 0.05) is 48.3 Å². The van der Waals surface area contributed by atoms with Crippen molar-refractivity contribution in [3.63, 3.8) is 0 Å². The first-order valence-corrected chi connectivity index (χ1v) is 12.7. The van der Waals surface area contributed by atoms with E-state index < -0.39 is 0 Å². The Hall–Kier alpha value is -1.89. The Morgan fingerprint density at radius 2 is 2.12 bits per heavy atom. The predicted octanol–water partition coefficient (Wildman–Crippen LogP) is 6.01. The molecule has 1 aromatic heterocycles. The van der Waals surface area contributed by atoms with E-state index in [1.807, 2.05) is 26.0 Å². The molecule has 0 spiro atoms. The van der Waals surface area contributed by atoms with E-state index in [2.05, 4.69) is 6.07 Å². The lowest BCUT2D eigenvalue weighted by Crippen LogP contribution is -2.30. The number of hydrogen-bond donors (Lipinski definition) is 0. The van der Waals surface area contributed by atoms with Crippen LogP contribution in [0.2, 0.25) is 0 Å². The summed E-state index contributed by atoms with van der Waals surface area (Å²) in [4.78, 5) is 24.0. The number of hydrogen-bond acceptors (Lipinski definition) is 6. The SMILES string of the molecule is COC(=O)CCCCc1cc2c(o1)C[C@@H](OC1CCCCO1)[C@@H]2/C=C/C(=O)[C@@H](C)C/C=C(\C)Cl. The van der Waals surface area contributed by atoms with Gasteiger partial charge in [-0.25, -0.2) is 0 Å². The predicted molar refractivity (Wildman–Crippen MR) is 131 cm³/mol. The van der Waals surface area contributed by atoms with Gasteiger partial charge in [0.1, 0.15) is 11.5 Å². The average Bonchev–Trinajstić information content (AvgIpc) is 3.36. The Bertz CT molecular complexity index is 876. The maximum Gasteiger partial charge on any atom is 0.305 e. The zero-order chi connectivity index (χ0) is 24.5. The molecule has 0 amide bonds. The van der Waals surface area contributed by atoms with Crippen LogP contribution < -0.4 is 0 Å². The minimum Gasteiger partial charge on any atom is -0.469 e. The van der Waals surface area contributed by atoms with E-state index in [9.17, 15) is 9.59 Å². The van der Waals surface area contributed by atoms with Gasteiger partial charge in [-0.3, -0.25) is 9.59 Å². The molecule has 1 aromatic rings. The monoisotopic (exact) mass is 492 g/mol. The molecule has 2 aliphatic rings. The normalized spacial score (nSPS) is 23.8. The first-order valence-electron chi connectivity index (χ1n) is 12.4. The van der Waals surface area contributed by atoms with E-state index in [1.165, 1.54) is 7.11 Å². The molecule has 0 saturated carbocycles. The summed E-state index contributed by atoms with van der Waals surface area (Å²) in [6.07, 6.45) is 12.3. The number of ether oxygens (including phenoxy) is 3. The van der Waals surface area contributed by atoms with Gasteiger partial charge in [0.25, 0.3) is 0 Å². The van der Waals surface area contributed by atoms with Gasteiger partial charge in [0.15, 0.2) is 12.1 Å². The quantitative estimate of drug-likeness (QED) is 0.202. The van der Waals surface area contributed by atoms with E-state index in [0.29, 0.717) is 24.3 Å². The van der Waals surface area contributed by atoms with Gasteiger partial charge in [-0.2, -0.15) is 0 Å². The van der Waals surface area contributed by atoms with E-state index in [-0.39, 0.29) is 36.0 Å². The van der Waals surface area contributed by atoms with Crippen LogP contribution >= 0.6 is 11.6 Å². The van der Waals surface area contributed by atoms with Crippen molar-refractivity contribution in [3.8, 4) is 0 Å². The maximum absolute atomic E-state index is 12.7. The molecule has 1 saturated heterocycles. The van der Waals surface area contributed by atoms with Gasteiger partial charge in [-0.15, -0.1) is 0 Å². The Morgan fingerprint density at radius 3 is 2.82 bits per heavy atom. The molecular weight excluding hydrogens is 456 g/mol. The van der Waals surface area contributed by atoms with Gasteiger partial charge in [0.05, 0.1) is 13.2 Å². The standard InChI is InChI=1S/C27H37ClO6/c1-18(11-12-19(2)28)23(29)14-13-21-22-16-20(8-4-5-9-26(30)31-3)33-25(22)17-24(21)34-27-10-6-7-15-32-27/h12-14,16,18,21,24,27H,4-11,15,17H2,1-3H3/b14-13+,19-12+/t18-,21+,24+,27?/m0/s1. The highest BCUT2D eigenvalue weighted by Gasteiger charge is 2.37. The molecule has 34 heavy (non-hydrogen) atoms. The van der Waals surface area contributed by atoms with Crippen molar-refractivity contribution in [1.29, 1.82) is 0 Å². The van der Waals surface area contributed by atoms with Crippen molar-refractivity contribution in [1.82, 2.24) is 0 Å². The average molecular weight is 493 g/mol. The number of methoxy groups -OCH3 is 1. The lowest BCUT2D eigenvalue weighted by Gasteiger charge is -2.28. The summed E-state index contributed by atoms with van der Waals surface area (Å²) in [6.45, 7) is 4.45. The van der Waals surface area contributed by atoms with Crippen molar-refractivity contribution in [3.05, 3.63) is 46.4 Å². The highest BCUT2D eigenvalue weighted by atomic mass is 35.5. The van der Waals surface area contributed by atoms with Crippen LogP contribution in [0.4, 0.5) is 0 Å². The summed E-state index contributed by atoms with van der Waals surface area (Å²) < 4.78 is 23.0. The van der Waals surface area contributed by atoms with Crippen LogP contribution in [-0.4, -0.2) is 37.9 Å². The zero-order valence-corrected chi connectivity index (χ0v) is 21.3. The van der Waals surface area contributed by atoms with Gasteiger partial charge < -0.3 is 18.6 Å². The number of unbranched alkanes of at least 4 members (excludes halogenated alkanes) is 1. The number of ketones is 1. The second-order valence-corrected chi connectivity index (χ2v) is 9.86. The molecule has 0 aromatic carbocycles. The zero-order valence-electron chi connectivity index (χ0n) is 20.5. The molecule has 3 rings (SSSR count). The first-order chi connectivity index (χ1) is 16.4. The summed E-state index contributed by atoms with van der Waals surface area (Å²) in [5.41, 5.74) is 1.08. The lowest BCUT2D eigenvalue weighted by molar-refractivity contribution is -0.188. The van der Waals surface area contributed by atoms with E-state index in [0.717, 1.165) is 62.2 Å². The summed E-state index contributed by atoms with van der Waals surface area (Å²) in [7, 11) is 1.41. The van der Waals surface area contributed by atoms with Crippen LogP contribution in [0.15, 0.2) is 33.7 Å². The fraction of sp³-hybridized carbons (Fsp3) is 0.630. The number of furan rings is 1. The molecule has 188 valence electrons. The summed E-state index contributed by atoms with van der Waals surface area (Å²) in [5.74, 6) is 1.51. The maximum atomic E-state index is 12.7. The highest BCUT2D eigenvalue weighted by Crippen LogP contribution is 2.40. The summed E-state index contributed by atoms with van der Waals surface area (Å²) >= 11 is 5.92. The van der Waals surface area contributed by atoms with Gasteiger partial charge in [-0.1, -0.05) is 30.7 Å². The van der Waals surface area contributed by atoms with E-state index >= 15 is 0 Å². The Kier molecular flexibility index (Phi) is 10.4. The number of carbonyl (C=O) groups is 2. The van der Waals surface area contributed by atoms with Crippen LogP contribution in [-0.2, 0) is 36.6 Å². The van der Waals surface area contributed by atoms with Crippen molar-refractivity contribution < 1.29 is 28.2 Å². The molecule has 0 radical (unpaired) electrons. The van der Waals surface area contributed by atoms with Crippen molar-refractivity contribution in [2.45, 2.75) is 89.9 Å². The number of fused-ring (bicyclic) bond motifs is 1. The molecule has 7 heteroatoms. The van der Waals surface area contributed by atoms with Crippen LogP contribution in [0.3, 0.4) is 0 Å². The molecule has 1 unspecified atom stereocenters. The van der Waals surface area contributed by atoms with Crippen LogP contribution in [0.1, 0.15) is 81.8 Å². The number of aryl methyl sites for hydroxylation is 1. The molecule has 0 N–H and O–H groups in total. The molecule has 1 aliphatic carbocycles. The van der Waals surface area contributed by atoms with Crippen molar-refractivity contribution in [2.24, 2.45) is 5.92 Å². The smallest absolute Gasteiger partial charge is 0.305 e. The number of carbonyl (C=O) groups excluding carboxylic acids is 2. The Labute approximate surface area is 207 Å². The fourth-order valence-electron chi connectivity index (χ4n) is 4.44. The van der Waals surface area contributed by atoms with Crippen LogP contribution in [0, 0.1) is 5.92 Å². The molecule has 0 bridgehead atoms. The molecule has 1 fully saturated rings. The third-order valence-corrected chi connectivity index (χ3v) is 6.65. The third-order valence-electron chi connectivity index (χ3n) is 6.49. The minimum atomic E-state index is -0.206. The number of halogens is 1. The third kappa shape index (κ3) is 7.82. The summed E-state index contributed by atoms with van der Waals surface area (Å²) in [5, 5.41) is 0.697. The molecule has 6 nitrogen and oxygen atoms in total. The Morgan fingerprint density at radius 1 is 1.29 bits per heavy atom. The minimum absolute atomic E-state index is 0.0606. The van der Waals surface area contributed by atoms with Gasteiger partial charge in [0.2, 0.25) is 0 Å². The highest BCUT2D eigenvalue weighted by molar-refractivity contribution is 6.29. The number of esters is 1. The molecule has 2 heterocycles. The summed E-state index contributed by atoms with van der Waals surface area (Å²) in [6, 6.07) is 2.08. The van der Waals surface area contributed by atoms with Gasteiger partial charge in [-0.05, 0) is 57.6 Å². The first kappa shape index (κ1) is 26.7. The number of allylic oxidation sites excluding steroid dienone is 3. The van der Waals surface area contributed by atoms with Crippen molar-refractivity contribution in [2.75, 3.05) is 13.7 Å². The lowest BCUT2D eigenvalue weighted by atomic mass is 9.96. The number of rotatable bonds is 12. The second-order valence-electron chi connectivity index (χ2n) is 9.26. The fourth-order valence-corrected chi connectivity index (χ4v) is 4.53. The topological polar surface area (TPSA) is 75.0 Å². The molecule has 1 aliphatic heterocycles. The molecule has 4 atom stereocenters. The van der Waals surface area contributed by atoms with Crippen LogP contribution in [0.5, 0.6) is 0 Å².